The predicted octanol–water partition coefficient (Wildman–Crippen LogP) is 12.7. The molecular formula is C49H50N4OPt. The predicted molar refractivity (Wildman–Crippen MR) is 222 cm³/mol. The summed E-state index contributed by atoms with van der Waals surface area (Å²) in [7, 11) is 0. The number of ether oxygens (including phenoxy) is 1. The third-order valence-corrected chi connectivity index (χ3v) is 11.1. The maximum absolute atomic E-state index is 6.78. The Morgan fingerprint density at radius 2 is 1.62 bits per heavy atom. The van der Waals surface area contributed by atoms with E-state index in [0.717, 1.165) is 75.1 Å². The van der Waals surface area contributed by atoms with Crippen molar-refractivity contribution in [3.05, 3.63) is 143 Å². The van der Waals surface area contributed by atoms with Gasteiger partial charge in [0.2, 0.25) is 0 Å². The molecule has 0 saturated carbocycles. The first-order valence-corrected chi connectivity index (χ1v) is 19.5. The largest absolute Gasteiger partial charge is 2.00 e. The van der Waals surface area contributed by atoms with E-state index in [1.807, 2.05) is 12.3 Å². The molecule has 0 aliphatic heterocycles. The van der Waals surface area contributed by atoms with Gasteiger partial charge in [0.25, 0.3) is 0 Å². The molecule has 0 spiro atoms. The first-order valence-electron chi connectivity index (χ1n) is 19.5. The zero-order valence-electron chi connectivity index (χ0n) is 33.2. The molecule has 3 heterocycles. The van der Waals surface area contributed by atoms with Crippen LogP contribution in [-0.2, 0) is 32.9 Å². The summed E-state index contributed by atoms with van der Waals surface area (Å²) < 4.78 is 11.1. The Balaban J connectivity index is 0.00000465. The van der Waals surface area contributed by atoms with E-state index in [4.69, 9.17) is 14.8 Å². The Morgan fingerprint density at radius 1 is 0.855 bits per heavy atom. The number of para-hydroxylation sites is 1. The number of nitrogens with zero attached hydrogens (tertiary/aromatic N) is 4. The summed E-state index contributed by atoms with van der Waals surface area (Å²) in [5.74, 6) is 3.49. The summed E-state index contributed by atoms with van der Waals surface area (Å²) in [6.07, 6.45) is 7.61. The standard InChI is InChI=1S/C49H50N4O.Pt/c1-9-15-35-22-23-50-45(26-35)52-43-19-14-13-18-41(43)42-21-20-39(30-44(42)52)54-40-28-37(49(6,7)8)27-38(29-40)53-48(36-16-11-10-12-17-36)47(34(5)51-53)46-32(3)24-31(2)25-33(46)4;/h10-14,16-24,26-28,31,33,46H,9,15,25H2,1-8H3;/q-2;+2/t31-,33-,46?;/m0./s1. The van der Waals surface area contributed by atoms with Gasteiger partial charge in [-0.15, -0.1) is 41.3 Å². The van der Waals surface area contributed by atoms with Gasteiger partial charge in [0, 0.05) is 40.3 Å². The van der Waals surface area contributed by atoms with E-state index in [0.29, 0.717) is 23.3 Å². The quantitative estimate of drug-likeness (QED) is 0.113. The molecule has 55 heavy (non-hydrogen) atoms. The molecule has 0 amide bonds. The van der Waals surface area contributed by atoms with Gasteiger partial charge in [0.15, 0.2) is 0 Å². The number of hydrogen-bond donors (Lipinski definition) is 0. The Hall–Kier alpha value is -4.73. The van der Waals surface area contributed by atoms with Crippen molar-refractivity contribution in [1.29, 1.82) is 0 Å². The van der Waals surface area contributed by atoms with Crippen LogP contribution in [0.15, 0.2) is 109 Å². The van der Waals surface area contributed by atoms with Gasteiger partial charge >= 0.3 is 21.1 Å². The van der Waals surface area contributed by atoms with Crippen molar-refractivity contribution in [2.24, 2.45) is 11.8 Å². The molecule has 0 fully saturated rings. The third-order valence-electron chi connectivity index (χ3n) is 11.1. The van der Waals surface area contributed by atoms with E-state index in [2.05, 4.69) is 168 Å². The third kappa shape index (κ3) is 7.36. The Labute approximate surface area is 340 Å². The van der Waals surface area contributed by atoms with Gasteiger partial charge in [-0.3, -0.25) is 4.68 Å². The van der Waals surface area contributed by atoms with Crippen molar-refractivity contribution in [2.75, 3.05) is 0 Å². The summed E-state index contributed by atoms with van der Waals surface area (Å²) in [6, 6.07) is 39.3. The van der Waals surface area contributed by atoms with Gasteiger partial charge in [-0.1, -0.05) is 114 Å². The SMILES string of the molecule is CCCc1ccnc(-n2c3[c-]c(Oc4[c-]c(-n5nc(C)c(C6C(C)=C[C@H](C)C[C@@H]6C)c5-c5ccccc5)cc(C(C)(C)C)c4)ccc3c3ccccc32)c1.[Pt+2]. The maximum atomic E-state index is 6.78. The molecule has 5 nitrogen and oxygen atoms in total. The molecule has 8 rings (SSSR count). The molecule has 0 bridgehead atoms. The Morgan fingerprint density at radius 3 is 2.36 bits per heavy atom. The Kier molecular flexibility index (Phi) is 10.8. The van der Waals surface area contributed by atoms with E-state index in [9.17, 15) is 0 Å². The van der Waals surface area contributed by atoms with Crippen LogP contribution in [0, 0.1) is 30.9 Å². The summed E-state index contributed by atoms with van der Waals surface area (Å²) in [5.41, 5.74) is 11.2. The van der Waals surface area contributed by atoms with E-state index in [-0.39, 0.29) is 32.4 Å². The first-order chi connectivity index (χ1) is 26.0. The van der Waals surface area contributed by atoms with Gasteiger partial charge in [-0.25, -0.2) is 4.98 Å². The van der Waals surface area contributed by atoms with Crippen LogP contribution in [-0.4, -0.2) is 19.3 Å². The minimum Gasteiger partial charge on any atom is -0.509 e. The van der Waals surface area contributed by atoms with Gasteiger partial charge in [0.1, 0.15) is 5.82 Å². The van der Waals surface area contributed by atoms with Gasteiger partial charge in [-0.05, 0) is 78.8 Å². The number of pyridine rings is 1. The summed E-state index contributed by atoms with van der Waals surface area (Å²) >= 11 is 0. The smallest absolute Gasteiger partial charge is 0.509 e. The van der Waals surface area contributed by atoms with Crippen LogP contribution in [0.2, 0.25) is 0 Å². The Bertz CT molecular complexity index is 2520. The van der Waals surface area contributed by atoms with Crippen molar-refractivity contribution < 1.29 is 25.8 Å². The maximum Gasteiger partial charge on any atom is 2.00 e. The van der Waals surface area contributed by atoms with E-state index in [1.54, 1.807) is 0 Å². The number of hydrogen-bond acceptors (Lipinski definition) is 3. The van der Waals surface area contributed by atoms with Crippen molar-refractivity contribution in [3.63, 3.8) is 0 Å². The number of benzene rings is 4. The second kappa shape index (κ2) is 15.4. The first kappa shape index (κ1) is 38.5. The van der Waals surface area contributed by atoms with Crippen molar-refractivity contribution in [2.45, 2.75) is 86.0 Å². The molecule has 3 aromatic heterocycles. The zero-order valence-corrected chi connectivity index (χ0v) is 35.5. The zero-order chi connectivity index (χ0) is 37.7. The normalized spacial score (nSPS) is 17.3. The monoisotopic (exact) mass is 905 g/mol. The molecule has 1 aliphatic carbocycles. The number of rotatable bonds is 8. The molecule has 1 unspecified atom stereocenters. The van der Waals surface area contributed by atoms with E-state index >= 15 is 0 Å². The van der Waals surface area contributed by atoms with E-state index < -0.39 is 0 Å². The second-order valence-corrected chi connectivity index (χ2v) is 16.4. The molecule has 4 aromatic carbocycles. The van der Waals surface area contributed by atoms with Crippen molar-refractivity contribution in [3.8, 4) is 34.3 Å². The summed E-state index contributed by atoms with van der Waals surface area (Å²) in [4.78, 5) is 4.83. The molecule has 7 aromatic rings. The molecule has 0 N–H and O–H groups in total. The molecule has 0 radical (unpaired) electrons. The average molecular weight is 906 g/mol. The van der Waals surface area contributed by atoms with Crippen molar-refractivity contribution in [1.82, 2.24) is 19.3 Å². The van der Waals surface area contributed by atoms with Gasteiger partial charge in [0.05, 0.1) is 11.4 Å². The number of fused-ring (bicyclic) bond motifs is 3. The van der Waals surface area contributed by atoms with E-state index in [1.165, 1.54) is 16.7 Å². The summed E-state index contributed by atoms with van der Waals surface area (Å²) in [6.45, 7) is 18.1. The van der Waals surface area contributed by atoms with Crippen LogP contribution in [0.1, 0.15) is 89.6 Å². The molecule has 282 valence electrons. The van der Waals surface area contributed by atoms with Crippen LogP contribution < -0.4 is 4.74 Å². The van der Waals surface area contributed by atoms with Gasteiger partial charge < -0.3 is 9.30 Å². The number of aryl methyl sites for hydroxylation is 2. The van der Waals surface area contributed by atoms with Crippen LogP contribution in [0.3, 0.4) is 0 Å². The minimum absolute atomic E-state index is 0. The summed E-state index contributed by atoms with van der Waals surface area (Å²) in [5, 5.41) is 7.57. The van der Waals surface area contributed by atoms with Crippen LogP contribution in [0.4, 0.5) is 0 Å². The molecular weight excluding hydrogens is 856 g/mol. The molecule has 0 saturated heterocycles. The number of allylic oxidation sites excluding steroid dienone is 2. The van der Waals surface area contributed by atoms with Crippen molar-refractivity contribution >= 4 is 21.8 Å². The average Bonchev–Trinajstić information content (AvgIpc) is 3.65. The fourth-order valence-corrected chi connectivity index (χ4v) is 8.71. The topological polar surface area (TPSA) is 44.9 Å². The second-order valence-electron chi connectivity index (χ2n) is 16.4. The fraction of sp³-hybridized carbons (Fsp3) is 0.306. The molecule has 1 aliphatic rings. The fourth-order valence-electron chi connectivity index (χ4n) is 8.71. The van der Waals surface area contributed by atoms with Crippen LogP contribution >= 0.6 is 0 Å². The molecule has 3 atom stereocenters. The number of aromatic nitrogens is 4. The van der Waals surface area contributed by atoms with Gasteiger partial charge in [-0.2, -0.15) is 11.2 Å². The van der Waals surface area contributed by atoms with Crippen LogP contribution in [0.25, 0.3) is 44.6 Å². The molecule has 6 heteroatoms. The van der Waals surface area contributed by atoms with Crippen LogP contribution in [0.5, 0.6) is 11.5 Å². The minimum atomic E-state index is -0.150.